The van der Waals surface area contributed by atoms with Crippen LogP contribution in [-0.4, -0.2) is 10.3 Å². The molecule has 1 aromatic carbocycles. The number of hydrogen-bond donors (Lipinski definition) is 1. The van der Waals surface area contributed by atoms with E-state index < -0.39 is 10.8 Å². The summed E-state index contributed by atoms with van der Waals surface area (Å²) >= 11 is 0. The lowest BCUT2D eigenvalue weighted by atomic mass is 10.2. The Hall–Kier alpha value is -1.39. The van der Waals surface area contributed by atoms with Crippen LogP contribution in [0.25, 0.3) is 0 Å². The van der Waals surface area contributed by atoms with Gasteiger partial charge in [-0.3, -0.25) is 4.21 Å². The van der Waals surface area contributed by atoms with Gasteiger partial charge in [-0.25, -0.2) is 0 Å². The molecule has 1 unspecified atom stereocenters. The van der Waals surface area contributed by atoms with Crippen LogP contribution < -0.4 is 5.32 Å². The van der Waals surface area contributed by atoms with Crippen molar-refractivity contribution in [1.29, 1.82) is 0 Å². The average molecular weight is 305 g/mol. The smallest absolute Gasteiger partial charge is 0.118 e. The van der Waals surface area contributed by atoms with E-state index in [0.29, 0.717) is 24.1 Å². The second-order valence-electron chi connectivity index (χ2n) is 5.62. The lowest BCUT2D eigenvalue weighted by Gasteiger charge is -2.05. The molecule has 21 heavy (non-hydrogen) atoms. The Bertz CT molecular complexity index is 604. The molecule has 0 spiro atoms. The first-order valence-corrected chi connectivity index (χ1v) is 8.73. The molecule has 3 nitrogen and oxygen atoms in total. The van der Waals surface area contributed by atoms with Crippen LogP contribution in [0.2, 0.25) is 0 Å². The van der Waals surface area contributed by atoms with Gasteiger partial charge in [0.05, 0.1) is 12.3 Å². The number of rotatable bonds is 7. The van der Waals surface area contributed by atoms with E-state index in [9.17, 15) is 4.21 Å². The molecule has 1 heterocycles. The van der Waals surface area contributed by atoms with Crippen LogP contribution in [0.1, 0.15) is 36.5 Å². The third-order valence-corrected chi connectivity index (χ3v) is 4.38. The van der Waals surface area contributed by atoms with Crippen LogP contribution in [-0.2, 0) is 28.9 Å². The molecule has 0 aliphatic rings. The highest BCUT2D eigenvalue weighted by Gasteiger charge is 2.08. The highest BCUT2D eigenvalue weighted by molar-refractivity contribution is 7.83. The fraction of sp³-hybridized carbons (Fsp3) is 0.412. The zero-order valence-corrected chi connectivity index (χ0v) is 13.7. The molecule has 0 saturated heterocycles. The van der Waals surface area contributed by atoms with Gasteiger partial charge in [0.1, 0.15) is 11.5 Å². The maximum Gasteiger partial charge on any atom is 0.118 e. The summed E-state index contributed by atoms with van der Waals surface area (Å²) in [5.41, 5.74) is 2.31. The van der Waals surface area contributed by atoms with Gasteiger partial charge in [-0.1, -0.05) is 43.7 Å². The van der Waals surface area contributed by atoms with E-state index in [0.717, 1.165) is 17.1 Å². The van der Waals surface area contributed by atoms with Crippen LogP contribution in [0.4, 0.5) is 0 Å². The van der Waals surface area contributed by atoms with Crippen LogP contribution in [0.5, 0.6) is 0 Å². The molecule has 114 valence electrons. The van der Waals surface area contributed by atoms with Crippen molar-refractivity contribution in [3.05, 3.63) is 59.0 Å². The third-order valence-electron chi connectivity index (χ3n) is 3.12. The molecule has 1 N–H and O–H groups in total. The Labute approximate surface area is 129 Å². The van der Waals surface area contributed by atoms with Gasteiger partial charge in [0, 0.05) is 22.6 Å². The summed E-state index contributed by atoms with van der Waals surface area (Å²) in [5, 5.41) is 3.30. The van der Waals surface area contributed by atoms with Gasteiger partial charge < -0.3 is 9.73 Å². The minimum atomic E-state index is -0.944. The summed E-state index contributed by atoms with van der Waals surface area (Å²) in [4.78, 5) is 0. The topological polar surface area (TPSA) is 42.2 Å². The Morgan fingerprint density at radius 1 is 1.14 bits per heavy atom. The number of nitrogens with one attached hydrogen (secondary N) is 1. The lowest BCUT2D eigenvalue weighted by Crippen LogP contribution is -2.21. The van der Waals surface area contributed by atoms with Gasteiger partial charge in [-0.15, -0.1) is 0 Å². The first-order chi connectivity index (χ1) is 10.0. The Morgan fingerprint density at radius 2 is 1.90 bits per heavy atom. The van der Waals surface area contributed by atoms with Gasteiger partial charge in [-0.2, -0.15) is 0 Å². The van der Waals surface area contributed by atoms with Crippen LogP contribution >= 0.6 is 0 Å². The molecule has 0 aliphatic heterocycles. The first-order valence-electron chi connectivity index (χ1n) is 7.24. The molecule has 4 heteroatoms. The van der Waals surface area contributed by atoms with Crippen LogP contribution in [0.15, 0.2) is 40.8 Å². The molecule has 0 fully saturated rings. The van der Waals surface area contributed by atoms with Gasteiger partial charge >= 0.3 is 0 Å². The van der Waals surface area contributed by atoms with Crippen LogP contribution in [0, 0.1) is 6.92 Å². The second kappa shape index (κ2) is 7.57. The van der Waals surface area contributed by atoms with E-state index in [2.05, 4.69) is 25.2 Å². The molecule has 0 radical (unpaired) electrons. The van der Waals surface area contributed by atoms with Gasteiger partial charge in [0.25, 0.3) is 0 Å². The molecule has 0 aliphatic carbocycles. The fourth-order valence-electron chi connectivity index (χ4n) is 2.10. The summed E-state index contributed by atoms with van der Waals surface area (Å²) < 4.78 is 17.9. The zero-order valence-electron chi connectivity index (χ0n) is 12.9. The molecule has 1 atom stereocenters. The first kappa shape index (κ1) is 16.0. The number of furan rings is 1. The molecule has 0 bridgehead atoms. The molecular weight excluding hydrogens is 282 g/mol. The highest BCUT2D eigenvalue weighted by atomic mass is 32.2. The normalized spacial score (nSPS) is 12.8. The number of aryl methyl sites for hydroxylation is 1. The number of benzene rings is 1. The molecule has 1 aromatic heterocycles. The predicted octanol–water partition coefficient (Wildman–Crippen LogP) is 3.53. The summed E-state index contributed by atoms with van der Waals surface area (Å²) in [6.07, 6.45) is 0. The molecule has 0 saturated carbocycles. The van der Waals surface area contributed by atoms with Crippen molar-refractivity contribution < 1.29 is 8.63 Å². The average Bonchev–Trinajstić information content (AvgIpc) is 2.83. The van der Waals surface area contributed by atoms with Crippen molar-refractivity contribution in [3.8, 4) is 0 Å². The van der Waals surface area contributed by atoms with E-state index in [4.69, 9.17) is 4.42 Å². The lowest BCUT2D eigenvalue weighted by molar-refractivity contribution is 0.445. The Morgan fingerprint density at radius 3 is 2.62 bits per heavy atom. The minimum absolute atomic E-state index is 0.425. The molecule has 2 rings (SSSR count). The Kier molecular flexibility index (Phi) is 5.76. The molecule has 2 aromatic rings. The molecular formula is C17H23NO2S. The molecule has 0 amide bonds. The van der Waals surface area contributed by atoms with Crippen molar-refractivity contribution in [1.82, 2.24) is 5.32 Å². The summed E-state index contributed by atoms with van der Waals surface area (Å²) in [5.74, 6) is 2.73. The number of hydrogen-bond acceptors (Lipinski definition) is 3. The van der Waals surface area contributed by atoms with Crippen molar-refractivity contribution in [2.45, 2.75) is 44.9 Å². The quantitative estimate of drug-likeness (QED) is 0.851. The summed E-state index contributed by atoms with van der Waals surface area (Å²) in [7, 11) is -0.944. The summed E-state index contributed by atoms with van der Waals surface area (Å²) in [6, 6.07) is 12.5. The third kappa shape index (κ3) is 5.48. The van der Waals surface area contributed by atoms with Gasteiger partial charge in [-0.05, 0) is 24.6 Å². The minimum Gasteiger partial charge on any atom is -0.464 e. The van der Waals surface area contributed by atoms with Crippen molar-refractivity contribution in [3.63, 3.8) is 0 Å². The van der Waals surface area contributed by atoms with E-state index in [-0.39, 0.29) is 0 Å². The summed E-state index contributed by atoms with van der Waals surface area (Å²) in [6.45, 7) is 6.96. The second-order valence-corrected chi connectivity index (χ2v) is 7.08. The van der Waals surface area contributed by atoms with E-state index >= 15 is 0 Å². The van der Waals surface area contributed by atoms with Gasteiger partial charge in [0.2, 0.25) is 0 Å². The largest absolute Gasteiger partial charge is 0.464 e. The maximum absolute atomic E-state index is 12.2. The van der Waals surface area contributed by atoms with Crippen LogP contribution in [0.3, 0.4) is 0 Å². The van der Waals surface area contributed by atoms with E-state index in [1.165, 1.54) is 5.56 Å². The standard InChI is InChI=1S/C17H23NO2S/c1-13(2)18-10-16-7-8-17(20-16)12-21(19)11-15-6-4-5-14(3)9-15/h4-9,13,18H,10-12H2,1-3H3. The van der Waals surface area contributed by atoms with E-state index in [1.54, 1.807) is 0 Å². The Balaban J connectivity index is 1.88. The fourth-order valence-corrected chi connectivity index (χ4v) is 3.22. The predicted molar refractivity (Wildman–Crippen MR) is 87.4 cm³/mol. The SMILES string of the molecule is Cc1cccc(CS(=O)Cc2ccc(CNC(C)C)o2)c1. The zero-order chi connectivity index (χ0) is 15.2. The highest BCUT2D eigenvalue weighted by Crippen LogP contribution is 2.13. The van der Waals surface area contributed by atoms with Crippen molar-refractivity contribution >= 4 is 10.8 Å². The van der Waals surface area contributed by atoms with Crippen molar-refractivity contribution in [2.75, 3.05) is 0 Å². The monoisotopic (exact) mass is 305 g/mol. The van der Waals surface area contributed by atoms with E-state index in [1.807, 2.05) is 37.3 Å². The van der Waals surface area contributed by atoms with Gasteiger partial charge in [0.15, 0.2) is 0 Å². The maximum atomic E-state index is 12.2. The van der Waals surface area contributed by atoms with Crippen molar-refractivity contribution in [2.24, 2.45) is 0 Å².